The van der Waals surface area contributed by atoms with E-state index in [0.29, 0.717) is 0 Å². The number of amides is 2. The lowest BCUT2D eigenvalue weighted by Crippen LogP contribution is -2.54. The minimum atomic E-state index is -1.02. The molecular formula is C26H30N2O6. The number of alkyl carbamates (subject to hydrolysis) is 1. The number of ether oxygens (including phenoxy) is 2. The van der Waals surface area contributed by atoms with Crippen molar-refractivity contribution in [3.63, 3.8) is 0 Å². The van der Waals surface area contributed by atoms with E-state index in [-0.39, 0.29) is 32.0 Å². The molecule has 2 aliphatic rings. The van der Waals surface area contributed by atoms with Crippen molar-refractivity contribution in [2.24, 2.45) is 5.92 Å². The molecule has 34 heavy (non-hydrogen) atoms. The van der Waals surface area contributed by atoms with Crippen LogP contribution in [-0.2, 0) is 14.3 Å². The Hall–Kier alpha value is -3.55. The van der Waals surface area contributed by atoms with Crippen molar-refractivity contribution in [2.45, 2.75) is 44.8 Å². The van der Waals surface area contributed by atoms with Crippen LogP contribution in [-0.4, -0.2) is 59.5 Å². The van der Waals surface area contributed by atoms with Crippen LogP contribution in [0.25, 0.3) is 11.1 Å². The predicted molar refractivity (Wildman–Crippen MR) is 126 cm³/mol. The van der Waals surface area contributed by atoms with Crippen LogP contribution in [0.5, 0.6) is 0 Å². The van der Waals surface area contributed by atoms with Crippen molar-refractivity contribution in [1.29, 1.82) is 0 Å². The Kier molecular flexibility index (Phi) is 6.50. The zero-order valence-corrected chi connectivity index (χ0v) is 19.6. The summed E-state index contributed by atoms with van der Waals surface area (Å²) in [5.74, 6) is -1.92. The molecule has 0 radical (unpaired) electrons. The van der Waals surface area contributed by atoms with Crippen molar-refractivity contribution in [3.05, 3.63) is 59.7 Å². The van der Waals surface area contributed by atoms with Crippen molar-refractivity contribution >= 4 is 18.2 Å². The van der Waals surface area contributed by atoms with Crippen LogP contribution in [0.15, 0.2) is 48.5 Å². The second kappa shape index (κ2) is 9.37. The average molecular weight is 467 g/mol. The molecule has 1 heterocycles. The lowest BCUT2D eigenvalue weighted by Gasteiger charge is -2.36. The van der Waals surface area contributed by atoms with Crippen LogP contribution >= 0.6 is 0 Å². The van der Waals surface area contributed by atoms with Gasteiger partial charge >= 0.3 is 18.2 Å². The number of carboxylic acid groups (broad SMARTS) is 1. The maximum absolute atomic E-state index is 13.0. The van der Waals surface area contributed by atoms with Crippen molar-refractivity contribution < 1.29 is 29.0 Å². The molecule has 2 aromatic rings. The van der Waals surface area contributed by atoms with Gasteiger partial charge in [-0.05, 0) is 49.4 Å². The molecule has 180 valence electrons. The van der Waals surface area contributed by atoms with Gasteiger partial charge in [-0.15, -0.1) is 0 Å². The second-order valence-electron chi connectivity index (χ2n) is 9.82. The fourth-order valence-corrected chi connectivity index (χ4v) is 4.69. The summed E-state index contributed by atoms with van der Waals surface area (Å²) in [5, 5.41) is 12.3. The monoisotopic (exact) mass is 466 g/mol. The van der Waals surface area contributed by atoms with Gasteiger partial charge in [0.25, 0.3) is 0 Å². The predicted octanol–water partition coefficient (Wildman–Crippen LogP) is 4.24. The molecule has 2 amide bonds. The highest BCUT2D eigenvalue weighted by molar-refractivity contribution is 5.79. The molecule has 0 spiro atoms. The Morgan fingerprint density at radius 2 is 1.59 bits per heavy atom. The molecule has 8 nitrogen and oxygen atoms in total. The summed E-state index contributed by atoms with van der Waals surface area (Å²) in [6, 6.07) is 15.6. The minimum absolute atomic E-state index is 0.0263. The highest BCUT2D eigenvalue weighted by Gasteiger charge is 2.37. The number of fused-ring (bicyclic) bond motifs is 3. The first kappa shape index (κ1) is 23.6. The van der Waals surface area contributed by atoms with Crippen LogP contribution in [0.2, 0.25) is 0 Å². The summed E-state index contributed by atoms with van der Waals surface area (Å²) in [6.45, 7) is 5.56. The van der Waals surface area contributed by atoms with Gasteiger partial charge in [-0.25, -0.2) is 9.59 Å². The SMILES string of the molecule is CC(C)(C)OC(=O)NC1CC(C(=O)O)CN(C(=O)OCC2c3ccccc3-c3ccccc32)C1. The topological polar surface area (TPSA) is 105 Å². The Morgan fingerprint density at radius 1 is 1.00 bits per heavy atom. The lowest BCUT2D eigenvalue weighted by atomic mass is 9.94. The van der Waals surface area contributed by atoms with Crippen molar-refractivity contribution in [1.82, 2.24) is 10.2 Å². The summed E-state index contributed by atoms with van der Waals surface area (Å²) in [4.78, 5) is 38.2. The Labute approximate surface area is 198 Å². The number of aliphatic carboxylic acids is 1. The third kappa shape index (κ3) is 5.16. The third-order valence-electron chi connectivity index (χ3n) is 6.11. The quantitative estimate of drug-likeness (QED) is 0.699. The average Bonchev–Trinajstić information content (AvgIpc) is 3.09. The number of benzene rings is 2. The van der Waals surface area contributed by atoms with E-state index >= 15 is 0 Å². The molecule has 0 aromatic heterocycles. The standard InChI is InChI=1S/C26H30N2O6/c1-26(2,3)34-24(31)27-17-12-16(23(29)30)13-28(14-17)25(32)33-15-22-20-10-6-4-8-18(20)19-9-5-7-11-21(19)22/h4-11,16-17,22H,12-15H2,1-3H3,(H,27,31)(H,29,30). The van der Waals surface area contributed by atoms with E-state index in [2.05, 4.69) is 17.4 Å². The normalized spacial score (nSPS) is 19.7. The number of nitrogens with one attached hydrogen (secondary N) is 1. The number of piperidine rings is 1. The molecule has 1 saturated heterocycles. The molecule has 1 aliphatic heterocycles. The first-order chi connectivity index (χ1) is 16.1. The number of hydrogen-bond donors (Lipinski definition) is 2. The van der Waals surface area contributed by atoms with Crippen LogP contribution in [0.3, 0.4) is 0 Å². The second-order valence-corrected chi connectivity index (χ2v) is 9.82. The summed E-state index contributed by atoms with van der Waals surface area (Å²) < 4.78 is 11.0. The number of carbonyl (C=O) groups is 3. The van der Waals surface area contributed by atoms with E-state index in [0.717, 1.165) is 22.3 Å². The molecular weight excluding hydrogens is 436 g/mol. The molecule has 0 bridgehead atoms. The zero-order valence-electron chi connectivity index (χ0n) is 19.6. The van der Waals surface area contributed by atoms with Crippen LogP contribution in [0, 0.1) is 5.92 Å². The molecule has 0 saturated carbocycles. The lowest BCUT2D eigenvalue weighted by molar-refractivity contribution is -0.143. The number of rotatable bonds is 4. The van der Waals surface area contributed by atoms with E-state index < -0.39 is 35.7 Å². The highest BCUT2D eigenvalue weighted by Crippen LogP contribution is 2.44. The van der Waals surface area contributed by atoms with Crippen LogP contribution in [0.4, 0.5) is 9.59 Å². The van der Waals surface area contributed by atoms with Crippen LogP contribution < -0.4 is 5.32 Å². The van der Waals surface area contributed by atoms with E-state index in [1.807, 2.05) is 36.4 Å². The molecule has 8 heteroatoms. The Bertz CT molecular complexity index is 1050. The Morgan fingerprint density at radius 3 is 2.15 bits per heavy atom. The maximum atomic E-state index is 13.0. The molecule has 2 unspecified atom stereocenters. The van der Waals surface area contributed by atoms with Gasteiger partial charge in [-0.3, -0.25) is 4.79 Å². The number of likely N-dealkylation sites (tertiary alicyclic amines) is 1. The van der Waals surface area contributed by atoms with Crippen LogP contribution in [0.1, 0.15) is 44.2 Å². The summed E-state index contributed by atoms with van der Waals surface area (Å²) in [5.41, 5.74) is 3.78. The summed E-state index contributed by atoms with van der Waals surface area (Å²) in [6.07, 6.45) is -1.03. The smallest absolute Gasteiger partial charge is 0.409 e. The summed E-state index contributed by atoms with van der Waals surface area (Å²) in [7, 11) is 0. The highest BCUT2D eigenvalue weighted by atomic mass is 16.6. The Balaban J connectivity index is 1.44. The fourth-order valence-electron chi connectivity index (χ4n) is 4.69. The van der Waals surface area contributed by atoms with Gasteiger partial charge < -0.3 is 24.8 Å². The molecule has 4 rings (SSSR count). The third-order valence-corrected chi connectivity index (χ3v) is 6.11. The molecule has 1 fully saturated rings. The van der Waals surface area contributed by atoms with Gasteiger partial charge in [-0.2, -0.15) is 0 Å². The molecule has 2 aromatic carbocycles. The fraction of sp³-hybridized carbons (Fsp3) is 0.423. The first-order valence-corrected chi connectivity index (χ1v) is 11.4. The van der Waals surface area contributed by atoms with Gasteiger partial charge in [-0.1, -0.05) is 48.5 Å². The number of nitrogens with zero attached hydrogens (tertiary/aromatic N) is 1. The van der Waals surface area contributed by atoms with E-state index in [1.54, 1.807) is 20.8 Å². The van der Waals surface area contributed by atoms with Gasteiger partial charge in [0.1, 0.15) is 12.2 Å². The first-order valence-electron chi connectivity index (χ1n) is 11.4. The van der Waals surface area contributed by atoms with E-state index in [9.17, 15) is 19.5 Å². The van der Waals surface area contributed by atoms with Crippen molar-refractivity contribution in [3.8, 4) is 11.1 Å². The minimum Gasteiger partial charge on any atom is -0.481 e. The van der Waals surface area contributed by atoms with Crippen molar-refractivity contribution in [2.75, 3.05) is 19.7 Å². The largest absolute Gasteiger partial charge is 0.481 e. The van der Waals surface area contributed by atoms with Gasteiger partial charge in [0, 0.05) is 19.0 Å². The molecule has 2 N–H and O–H groups in total. The number of carboxylic acids is 1. The number of hydrogen-bond acceptors (Lipinski definition) is 5. The zero-order chi connectivity index (χ0) is 24.5. The number of carbonyl (C=O) groups excluding carboxylic acids is 2. The van der Waals surface area contributed by atoms with E-state index in [1.165, 1.54) is 4.90 Å². The molecule has 2 atom stereocenters. The van der Waals surface area contributed by atoms with Gasteiger partial charge in [0.05, 0.1) is 12.0 Å². The van der Waals surface area contributed by atoms with E-state index in [4.69, 9.17) is 9.47 Å². The summed E-state index contributed by atoms with van der Waals surface area (Å²) >= 11 is 0. The van der Waals surface area contributed by atoms with Gasteiger partial charge in [0.15, 0.2) is 0 Å². The van der Waals surface area contributed by atoms with Gasteiger partial charge in [0.2, 0.25) is 0 Å². The maximum Gasteiger partial charge on any atom is 0.409 e. The molecule has 1 aliphatic carbocycles.